The Balaban J connectivity index is 0.00000144. The molecule has 1 amide bonds. The first kappa shape index (κ1) is 14.7. The molecule has 0 aromatic carbocycles. The summed E-state index contributed by atoms with van der Waals surface area (Å²) in [6.45, 7) is 3.73. The van der Waals surface area contributed by atoms with Crippen molar-refractivity contribution < 1.29 is 9.53 Å². The van der Waals surface area contributed by atoms with Gasteiger partial charge in [-0.05, 0) is 20.5 Å². The summed E-state index contributed by atoms with van der Waals surface area (Å²) in [7, 11) is 4.14. The maximum absolute atomic E-state index is 12.1. The fourth-order valence-corrected chi connectivity index (χ4v) is 2.31. The van der Waals surface area contributed by atoms with E-state index in [1.807, 2.05) is 4.90 Å². The zero-order chi connectivity index (χ0) is 11.5. The number of morpholine rings is 1. The van der Waals surface area contributed by atoms with Gasteiger partial charge in [0.25, 0.3) is 0 Å². The normalized spacial score (nSPS) is 29.2. The second-order valence-electron chi connectivity index (χ2n) is 4.77. The van der Waals surface area contributed by atoms with Crippen LogP contribution in [0.1, 0.15) is 6.42 Å². The standard InChI is InChI=1S/C11H21N3O2.ClH/c1-13(2)9-3-5-14(7-9)11(15)10-8-16-6-4-12-10;/h9-10,12H,3-8H2,1-2H3;1H. The molecule has 2 fully saturated rings. The van der Waals surface area contributed by atoms with Crippen molar-refractivity contribution in [3.63, 3.8) is 0 Å². The fraction of sp³-hybridized carbons (Fsp3) is 0.909. The van der Waals surface area contributed by atoms with Crippen LogP contribution in [0.5, 0.6) is 0 Å². The largest absolute Gasteiger partial charge is 0.378 e. The van der Waals surface area contributed by atoms with E-state index in [4.69, 9.17) is 4.74 Å². The number of likely N-dealkylation sites (tertiary alicyclic amines) is 1. The lowest BCUT2D eigenvalue weighted by Gasteiger charge is -2.28. The molecule has 0 radical (unpaired) electrons. The van der Waals surface area contributed by atoms with Crippen LogP contribution in [0.25, 0.3) is 0 Å². The number of hydrogen-bond acceptors (Lipinski definition) is 4. The zero-order valence-corrected chi connectivity index (χ0v) is 11.3. The van der Waals surface area contributed by atoms with Gasteiger partial charge in [0.05, 0.1) is 13.2 Å². The van der Waals surface area contributed by atoms with E-state index in [0.717, 1.165) is 26.1 Å². The van der Waals surface area contributed by atoms with Gasteiger partial charge in [-0.3, -0.25) is 4.79 Å². The predicted octanol–water partition coefficient (Wildman–Crippen LogP) is -0.441. The van der Waals surface area contributed by atoms with Gasteiger partial charge in [-0.25, -0.2) is 0 Å². The minimum atomic E-state index is -0.130. The second kappa shape index (κ2) is 6.54. The lowest BCUT2D eigenvalue weighted by molar-refractivity contribution is -0.135. The SMILES string of the molecule is CN(C)C1CCN(C(=O)C2COCCN2)C1.Cl. The van der Waals surface area contributed by atoms with E-state index in [0.29, 0.717) is 19.3 Å². The van der Waals surface area contributed by atoms with Crippen LogP contribution >= 0.6 is 12.4 Å². The van der Waals surface area contributed by atoms with Gasteiger partial charge in [0.15, 0.2) is 0 Å². The summed E-state index contributed by atoms with van der Waals surface area (Å²) in [5, 5.41) is 3.21. The van der Waals surface area contributed by atoms with Crippen LogP contribution in [-0.4, -0.2) is 74.7 Å². The van der Waals surface area contributed by atoms with Crippen molar-refractivity contribution in [3.8, 4) is 0 Å². The molecule has 0 saturated carbocycles. The summed E-state index contributed by atoms with van der Waals surface area (Å²) >= 11 is 0. The molecule has 17 heavy (non-hydrogen) atoms. The molecule has 0 bridgehead atoms. The average molecular weight is 264 g/mol. The number of carbonyl (C=O) groups is 1. The summed E-state index contributed by atoms with van der Waals surface area (Å²) < 4.78 is 5.32. The maximum atomic E-state index is 12.1. The molecule has 0 aliphatic carbocycles. The van der Waals surface area contributed by atoms with Crippen molar-refractivity contribution in [2.75, 3.05) is 46.9 Å². The van der Waals surface area contributed by atoms with E-state index in [9.17, 15) is 4.79 Å². The van der Waals surface area contributed by atoms with Crippen LogP contribution in [0.2, 0.25) is 0 Å². The zero-order valence-electron chi connectivity index (χ0n) is 10.5. The third-order valence-electron chi connectivity index (χ3n) is 3.43. The molecule has 2 heterocycles. The van der Waals surface area contributed by atoms with Crippen molar-refractivity contribution in [1.29, 1.82) is 0 Å². The summed E-state index contributed by atoms with van der Waals surface area (Å²) in [6.07, 6.45) is 1.08. The first-order valence-corrected chi connectivity index (χ1v) is 5.95. The molecule has 2 atom stereocenters. The van der Waals surface area contributed by atoms with E-state index in [1.54, 1.807) is 0 Å². The number of hydrogen-bond donors (Lipinski definition) is 1. The quantitative estimate of drug-likeness (QED) is 0.734. The Bertz CT molecular complexity index is 257. The smallest absolute Gasteiger partial charge is 0.242 e. The van der Waals surface area contributed by atoms with Gasteiger partial charge in [-0.1, -0.05) is 0 Å². The molecule has 2 saturated heterocycles. The van der Waals surface area contributed by atoms with Gasteiger partial charge in [0, 0.05) is 25.7 Å². The van der Waals surface area contributed by atoms with E-state index in [1.165, 1.54) is 0 Å². The Kier molecular flexibility index (Phi) is 5.66. The topological polar surface area (TPSA) is 44.8 Å². The van der Waals surface area contributed by atoms with Crippen molar-refractivity contribution in [1.82, 2.24) is 15.1 Å². The number of halogens is 1. The molecular formula is C11H22ClN3O2. The van der Waals surface area contributed by atoms with E-state index in [-0.39, 0.29) is 24.4 Å². The number of nitrogens with one attached hydrogen (secondary N) is 1. The van der Waals surface area contributed by atoms with Gasteiger partial charge >= 0.3 is 0 Å². The molecule has 1 N–H and O–H groups in total. The molecule has 5 nitrogen and oxygen atoms in total. The molecule has 6 heteroatoms. The van der Waals surface area contributed by atoms with Crippen LogP contribution in [0.15, 0.2) is 0 Å². The van der Waals surface area contributed by atoms with Crippen molar-refractivity contribution in [2.24, 2.45) is 0 Å². The third-order valence-corrected chi connectivity index (χ3v) is 3.43. The van der Waals surface area contributed by atoms with E-state index < -0.39 is 0 Å². The van der Waals surface area contributed by atoms with Gasteiger partial charge < -0.3 is 19.9 Å². The molecule has 0 aromatic rings. The highest BCUT2D eigenvalue weighted by Gasteiger charge is 2.32. The van der Waals surface area contributed by atoms with Crippen LogP contribution in [0, 0.1) is 0 Å². The highest BCUT2D eigenvalue weighted by atomic mass is 35.5. The molecule has 2 aliphatic heterocycles. The van der Waals surface area contributed by atoms with Crippen molar-refractivity contribution in [3.05, 3.63) is 0 Å². The first-order chi connectivity index (χ1) is 7.68. The van der Waals surface area contributed by atoms with E-state index >= 15 is 0 Å². The highest BCUT2D eigenvalue weighted by molar-refractivity contribution is 5.85. The van der Waals surface area contributed by atoms with Crippen molar-refractivity contribution in [2.45, 2.75) is 18.5 Å². The Hall–Kier alpha value is -0.360. The predicted molar refractivity (Wildman–Crippen MR) is 68.5 cm³/mol. The third kappa shape index (κ3) is 3.55. The van der Waals surface area contributed by atoms with Gasteiger partial charge in [-0.2, -0.15) is 0 Å². The summed E-state index contributed by atoms with van der Waals surface area (Å²) in [5.41, 5.74) is 0. The minimum absolute atomic E-state index is 0. The molecular weight excluding hydrogens is 242 g/mol. The maximum Gasteiger partial charge on any atom is 0.242 e. The highest BCUT2D eigenvalue weighted by Crippen LogP contribution is 2.14. The number of carbonyl (C=O) groups excluding carboxylic acids is 1. The molecule has 0 spiro atoms. The minimum Gasteiger partial charge on any atom is -0.378 e. The Morgan fingerprint density at radius 2 is 2.24 bits per heavy atom. The van der Waals surface area contributed by atoms with Crippen molar-refractivity contribution >= 4 is 18.3 Å². The molecule has 2 aliphatic rings. The van der Waals surface area contributed by atoms with Crippen LogP contribution in [0.4, 0.5) is 0 Å². The Morgan fingerprint density at radius 3 is 2.76 bits per heavy atom. The number of amides is 1. The van der Waals surface area contributed by atoms with Gasteiger partial charge in [0.2, 0.25) is 5.91 Å². The van der Waals surface area contributed by atoms with Crippen LogP contribution in [0.3, 0.4) is 0 Å². The fourth-order valence-electron chi connectivity index (χ4n) is 2.31. The number of likely N-dealkylation sites (N-methyl/N-ethyl adjacent to an activating group) is 1. The lowest BCUT2D eigenvalue weighted by Crippen LogP contribution is -2.52. The van der Waals surface area contributed by atoms with Gasteiger partial charge in [-0.15, -0.1) is 12.4 Å². The van der Waals surface area contributed by atoms with Gasteiger partial charge in [0.1, 0.15) is 6.04 Å². The average Bonchev–Trinajstić information content (AvgIpc) is 2.78. The first-order valence-electron chi connectivity index (χ1n) is 5.95. The molecule has 2 rings (SSSR count). The number of nitrogens with zero attached hydrogens (tertiary/aromatic N) is 2. The van der Waals surface area contributed by atoms with Crippen LogP contribution in [-0.2, 0) is 9.53 Å². The molecule has 2 unspecified atom stereocenters. The lowest BCUT2D eigenvalue weighted by atomic mass is 10.2. The Morgan fingerprint density at radius 1 is 1.47 bits per heavy atom. The monoisotopic (exact) mass is 263 g/mol. The number of ether oxygens (including phenoxy) is 1. The second-order valence-corrected chi connectivity index (χ2v) is 4.77. The van der Waals surface area contributed by atoms with E-state index in [2.05, 4.69) is 24.3 Å². The number of rotatable bonds is 2. The molecule has 0 aromatic heterocycles. The summed E-state index contributed by atoms with van der Waals surface area (Å²) in [4.78, 5) is 16.3. The Labute approximate surface area is 109 Å². The summed E-state index contributed by atoms with van der Waals surface area (Å²) in [6, 6.07) is 0.378. The summed E-state index contributed by atoms with van der Waals surface area (Å²) in [5.74, 6) is 0.198. The van der Waals surface area contributed by atoms with Crippen LogP contribution < -0.4 is 5.32 Å². The molecule has 100 valence electrons.